The lowest BCUT2D eigenvalue weighted by molar-refractivity contribution is 0.416. The van der Waals surface area contributed by atoms with E-state index in [9.17, 15) is 0 Å². The fourth-order valence-corrected chi connectivity index (χ4v) is 2.45. The van der Waals surface area contributed by atoms with Gasteiger partial charge in [0.15, 0.2) is 0 Å². The summed E-state index contributed by atoms with van der Waals surface area (Å²) in [6, 6.07) is 14.5. The first-order valence-corrected chi connectivity index (χ1v) is 7.70. The molecule has 0 heterocycles. The molecule has 2 aromatic carbocycles. The largest absolute Gasteiger partial charge is 0.495 e. The number of rotatable bonds is 7. The van der Waals surface area contributed by atoms with E-state index in [0.717, 1.165) is 41.4 Å². The molecular formula is C18H22ClNO. The third-order valence-electron chi connectivity index (χ3n) is 3.53. The number of ether oxygens (including phenoxy) is 1. The predicted molar refractivity (Wildman–Crippen MR) is 90.6 cm³/mol. The van der Waals surface area contributed by atoms with Crippen molar-refractivity contribution in [2.75, 3.05) is 19.0 Å². The SMILES string of the molecule is COc1cc(Cl)c(C)cc1NCCCCc1ccccc1. The highest BCUT2D eigenvalue weighted by Crippen LogP contribution is 2.30. The number of unbranched alkanes of at least 4 members (excludes halogenated alkanes) is 1. The van der Waals surface area contributed by atoms with Crippen LogP contribution in [-0.4, -0.2) is 13.7 Å². The minimum atomic E-state index is 0.737. The lowest BCUT2D eigenvalue weighted by Gasteiger charge is -2.13. The van der Waals surface area contributed by atoms with Gasteiger partial charge >= 0.3 is 0 Å². The summed E-state index contributed by atoms with van der Waals surface area (Å²) in [5.41, 5.74) is 3.47. The summed E-state index contributed by atoms with van der Waals surface area (Å²) < 4.78 is 5.36. The van der Waals surface area contributed by atoms with Gasteiger partial charge in [-0.15, -0.1) is 0 Å². The Morgan fingerprint density at radius 2 is 1.86 bits per heavy atom. The first-order chi connectivity index (χ1) is 10.2. The van der Waals surface area contributed by atoms with Crippen LogP contribution in [0, 0.1) is 6.92 Å². The molecule has 0 saturated heterocycles. The third kappa shape index (κ3) is 4.68. The van der Waals surface area contributed by atoms with Crippen molar-refractivity contribution in [3.8, 4) is 5.75 Å². The number of nitrogens with one attached hydrogen (secondary N) is 1. The van der Waals surface area contributed by atoms with Crippen LogP contribution in [0.3, 0.4) is 0 Å². The number of halogens is 1. The molecule has 0 radical (unpaired) electrons. The fraction of sp³-hybridized carbons (Fsp3) is 0.333. The minimum Gasteiger partial charge on any atom is -0.495 e. The van der Waals surface area contributed by atoms with Crippen molar-refractivity contribution in [3.05, 3.63) is 58.6 Å². The maximum Gasteiger partial charge on any atom is 0.143 e. The Bertz CT molecular complexity index is 569. The first-order valence-electron chi connectivity index (χ1n) is 7.32. The van der Waals surface area contributed by atoms with Crippen molar-refractivity contribution in [1.29, 1.82) is 0 Å². The molecule has 1 N–H and O–H groups in total. The van der Waals surface area contributed by atoms with Crippen LogP contribution in [-0.2, 0) is 6.42 Å². The molecule has 0 spiro atoms. The van der Waals surface area contributed by atoms with Crippen LogP contribution >= 0.6 is 11.6 Å². The number of aryl methyl sites for hydroxylation is 2. The highest BCUT2D eigenvalue weighted by Gasteiger charge is 2.06. The first kappa shape index (κ1) is 15.7. The summed E-state index contributed by atoms with van der Waals surface area (Å²) in [5.74, 6) is 0.800. The third-order valence-corrected chi connectivity index (χ3v) is 3.94. The number of anilines is 1. The second-order valence-electron chi connectivity index (χ2n) is 5.17. The Labute approximate surface area is 132 Å². The predicted octanol–water partition coefficient (Wildman–Crippen LogP) is 5.09. The van der Waals surface area contributed by atoms with Crippen LogP contribution in [0.4, 0.5) is 5.69 Å². The van der Waals surface area contributed by atoms with E-state index >= 15 is 0 Å². The van der Waals surface area contributed by atoms with Crippen LogP contribution in [0.1, 0.15) is 24.0 Å². The molecule has 21 heavy (non-hydrogen) atoms. The lowest BCUT2D eigenvalue weighted by atomic mass is 10.1. The van der Waals surface area contributed by atoms with E-state index < -0.39 is 0 Å². The average molecular weight is 304 g/mol. The molecule has 0 aliphatic carbocycles. The molecule has 2 aromatic rings. The highest BCUT2D eigenvalue weighted by atomic mass is 35.5. The van der Waals surface area contributed by atoms with Crippen LogP contribution < -0.4 is 10.1 Å². The van der Waals surface area contributed by atoms with Gasteiger partial charge in [-0.1, -0.05) is 41.9 Å². The zero-order valence-corrected chi connectivity index (χ0v) is 13.4. The van der Waals surface area contributed by atoms with E-state index in [-0.39, 0.29) is 0 Å². The van der Waals surface area contributed by atoms with Gasteiger partial charge < -0.3 is 10.1 Å². The summed E-state index contributed by atoms with van der Waals surface area (Å²) in [6.07, 6.45) is 3.42. The highest BCUT2D eigenvalue weighted by molar-refractivity contribution is 6.31. The van der Waals surface area contributed by atoms with Crippen molar-refractivity contribution >= 4 is 17.3 Å². The topological polar surface area (TPSA) is 21.3 Å². The molecule has 2 nitrogen and oxygen atoms in total. The fourth-order valence-electron chi connectivity index (χ4n) is 2.29. The Morgan fingerprint density at radius 3 is 2.57 bits per heavy atom. The monoisotopic (exact) mass is 303 g/mol. The van der Waals surface area contributed by atoms with Gasteiger partial charge in [-0.25, -0.2) is 0 Å². The number of methoxy groups -OCH3 is 1. The zero-order valence-electron chi connectivity index (χ0n) is 12.7. The molecular weight excluding hydrogens is 282 g/mol. The smallest absolute Gasteiger partial charge is 0.143 e. The molecule has 0 amide bonds. The van der Waals surface area contributed by atoms with Crippen molar-refractivity contribution < 1.29 is 4.74 Å². The Morgan fingerprint density at radius 1 is 1.10 bits per heavy atom. The zero-order chi connectivity index (χ0) is 15.1. The molecule has 0 fully saturated rings. The van der Waals surface area contributed by atoms with Gasteiger partial charge in [0.1, 0.15) is 5.75 Å². The van der Waals surface area contributed by atoms with Crippen molar-refractivity contribution in [3.63, 3.8) is 0 Å². The molecule has 0 aromatic heterocycles. The van der Waals surface area contributed by atoms with Gasteiger partial charge in [-0.05, 0) is 43.4 Å². The second kappa shape index (κ2) is 7.94. The van der Waals surface area contributed by atoms with Gasteiger partial charge in [-0.3, -0.25) is 0 Å². The lowest BCUT2D eigenvalue weighted by Crippen LogP contribution is -2.04. The van der Waals surface area contributed by atoms with Gasteiger partial charge in [0.2, 0.25) is 0 Å². The van der Waals surface area contributed by atoms with Gasteiger partial charge in [-0.2, -0.15) is 0 Å². The minimum absolute atomic E-state index is 0.737. The Balaban J connectivity index is 1.79. The maximum absolute atomic E-state index is 6.11. The molecule has 0 saturated carbocycles. The maximum atomic E-state index is 6.11. The van der Waals surface area contributed by atoms with Gasteiger partial charge in [0.25, 0.3) is 0 Å². The van der Waals surface area contributed by atoms with E-state index in [1.54, 1.807) is 7.11 Å². The van der Waals surface area contributed by atoms with Crippen LogP contribution in [0.5, 0.6) is 5.75 Å². The molecule has 2 rings (SSSR count). The van der Waals surface area contributed by atoms with Crippen LogP contribution in [0.2, 0.25) is 5.02 Å². The summed E-state index contributed by atoms with van der Waals surface area (Å²) in [5, 5.41) is 4.17. The number of hydrogen-bond donors (Lipinski definition) is 1. The summed E-state index contributed by atoms with van der Waals surface area (Å²) >= 11 is 6.11. The molecule has 0 bridgehead atoms. The number of hydrogen-bond acceptors (Lipinski definition) is 2. The second-order valence-corrected chi connectivity index (χ2v) is 5.58. The summed E-state index contributed by atoms with van der Waals surface area (Å²) in [4.78, 5) is 0. The van der Waals surface area contributed by atoms with Gasteiger partial charge in [0.05, 0.1) is 12.8 Å². The van der Waals surface area contributed by atoms with Gasteiger partial charge in [0, 0.05) is 17.6 Å². The summed E-state index contributed by atoms with van der Waals surface area (Å²) in [7, 11) is 1.67. The molecule has 0 aliphatic rings. The van der Waals surface area contributed by atoms with E-state index in [0.29, 0.717) is 0 Å². The normalized spacial score (nSPS) is 10.4. The summed E-state index contributed by atoms with van der Waals surface area (Å²) in [6.45, 7) is 2.94. The molecule has 0 aliphatic heterocycles. The van der Waals surface area contributed by atoms with E-state index in [1.165, 1.54) is 12.0 Å². The van der Waals surface area contributed by atoms with Crippen molar-refractivity contribution in [2.24, 2.45) is 0 Å². The van der Waals surface area contributed by atoms with E-state index in [2.05, 4.69) is 35.6 Å². The quantitative estimate of drug-likeness (QED) is 0.719. The molecule has 3 heteroatoms. The Kier molecular flexibility index (Phi) is 5.94. The molecule has 0 atom stereocenters. The van der Waals surface area contributed by atoms with Crippen molar-refractivity contribution in [2.45, 2.75) is 26.2 Å². The van der Waals surface area contributed by atoms with Crippen LogP contribution in [0.25, 0.3) is 0 Å². The standard InChI is InChI=1S/C18H22ClNO/c1-14-12-17(18(21-2)13-16(14)19)20-11-7-6-10-15-8-4-3-5-9-15/h3-5,8-9,12-13,20H,6-7,10-11H2,1-2H3. The van der Waals surface area contributed by atoms with Crippen LogP contribution in [0.15, 0.2) is 42.5 Å². The molecule has 0 unspecified atom stereocenters. The van der Waals surface area contributed by atoms with E-state index in [1.807, 2.05) is 19.1 Å². The van der Waals surface area contributed by atoms with Crippen molar-refractivity contribution in [1.82, 2.24) is 0 Å². The van der Waals surface area contributed by atoms with E-state index in [4.69, 9.17) is 16.3 Å². The number of benzene rings is 2. The average Bonchev–Trinajstić information content (AvgIpc) is 2.51. The Hall–Kier alpha value is -1.67. The molecule has 112 valence electrons.